The number of ether oxygens (including phenoxy) is 2. The van der Waals surface area contributed by atoms with Crippen molar-refractivity contribution < 1.29 is 28.7 Å². The van der Waals surface area contributed by atoms with E-state index in [1.54, 1.807) is 62.8 Å². The molecule has 272 valence electrons. The van der Waals surface area contributed by atoms with Crippen LogP contribution in [0, 0.1) is 34.5 Å². The second-order valence-corrected chi connectivity index (χ2v) is 13.6. The highest BCUT2D eigenvalue weighted by Crippen LogP contribution is 2.43. The summed E-state index contributed by atoms with van der Waals surface area (Å²) >= 11 is 0. The molecule has 12 heteroatoms. The van der Waals surface area contributed by atoms with Gasteiger partial charge in [-0.1, -0.05) is 84.9 Å². The molecule has 0 unspecified atom stereocenters. The summed E-state index contributed by atoms with van der Waals surface area (Å²) in [7, 11) is 3.08. The molecule has 0 bridgehead atoms. The fourth-order valence-electron chi connectivity index (χ4n) is 8.03. The quantitative estimate of drug-likeness (QED) is 0.218. The molecule has 4 aromatic rings. The van der Waals surface area contributed by atoms with E-state index in [0.717, 1.165) is 20.9 Å². The number of imide groups is 2. The van der Waals surface area contributed by atoms with Crippen LogP contribution < -0.4 is 9.47 Å². The molecule has 0 aromatic heterocycles. The number of nitrogens with zero attached hydrogens (tertiary/aromatic N) is 6. The van der Waals surface area contributed by atoms with Gasteiger partial charge in [-0.15, -0.1) is 0 Å². The van der Waals surface area contributed by atoms with Crippen LogP contribution >= 0.6 is 0 Å². The molecule has 0 N–H and O–H groups in total. The first-order chi connectivity index (χ1) is 26.3. The van der Waals surface area contributed by atoms with E-state index in [-0.39, 0.29) is 25.9 Å². The third-order valence-corrected chi connectivity index (χ3v) is 10.6. The van der Waals surface area contributed by atoms with Crippen LogP contribution in [0.3, 0.4) is 0 Å². The maximum Gasteiger partial charge on any atom is 0.328 e. The van der Waals surface area contributed by atoms with Crippen LogP contribution in [0.15, 0.2) is 109 Å². The molecule has 4 aromatic carbocycles. The summed E-state index contributed by atoms with van der Waals surface area (Å²) in [6.45, 7) is -0.193. The van der Waals surface area contributed by atoms with Crippen molar-refractivity contribution in [2.45, 2.75) is 50.1 Å². The Bertz CT molecular complexity index is 1960. The molecule has 3 aliphatic heterocycles. The van der Waals surface area contributed by atoms with Crippen molar-refractivity contribution >= 4 is 23.9 Å². The molecule has 3 aliphatic rings. The minimum Gasteiger partial charge on any atom is -0.497 e. The van der Waals surface area contributed by atoms with Gasteiger partial charge in [-0.05, 0) is 59.4 Å². The average Bonchev–Trinajstić information content (AvgIpc) is 3.21. The highest BCUT2D eigenvalue weighted by atomic mass is 16.5. The number of methoxy groups -OCH3 is 2. The molecule has 3 saturated heterocycles. The summed E-state index contributed by atoms with van der Waals surface area (Å²) in [6.07, 6.45) is 0.274. The molecule has 54 heavy (non-hydrogen) atoms. The number of urea groups is 2. The number of nitriles is 2. The second kappa shape index (κ2) is 15.1. The first-order valence-electron chi connectivity index (χ1n) is 17.7. The van der Waals surface area contributed by atoms with Gasteiger partial charge in [-0.2, -0.15) is 10.5 Å². The highest BCUT2D eigenvalue weighted by molar-refractivity contribution is 6.02. The van der Waals surface area contributed by atoms with Crippen LogP contribution in [-0.4, -0.2) is 81.9 Å². The van der Waals surface area contributed by atoms with Gasteiger partial charge < -0.3 is 9.47 Å². The van der Waals surface area contributed by atoms with Gasteiger partial charge in [0.1, 0.15) is 23.6 Å². The number of rotatable bonds is 10. The zero-order valence-corrected chi connectivity index (χ0v) is 29.8. The predicted octanol–water partition coefficient (Wildman–Crippen LogP) is 5.19. The van der Waals surface area contributed by atoms with Gasteiger partial charge in [0.25, 0.3) is 0 Å². The monoisotopic (exact) mass is 722 g/mol. The largest absolute Gasteiger partial charge is 0.497 e. The zero-order chi connectivity index (χ0) is 37.9. The van der Waals surface area contributed by atoms with E-state index in [1.165, 1.54) is 9.80 Å². The van der Waals surface area contributed by atoms with Crippen molar-refractivity contribution in [1.82, 2.24) is 19.6 Å². The van der Waals surface area contributed by atoms with Gasteiger partial charge in [0.05, 0.1) is 63.4 Å². The lowest BCUT2D eigenvalue weighted by atomic mass is 9.74. The molecule has 3 fully saturated rings. The molecule has 0 radical (unpaired) electrons. The summed E-state index contributed by atoms with van der Waals surface area (Å²) < 4.78 is 10.6. The Balaban J connectivity index is 1.35. The lowest BCUT2D eigenvalue weighted by molar-refractivity contribution is -0.154. The fourth-order valence-corrected chi connectivity index (χ4v) is 8.03. The number of piperazine rings is 1. The zero-order valence-electron chi connectivity index (χ0n) is 29.8. The Kier molecular flexibility index (Phi) is 10.0. The third-order valence-electron chi connectivity index (χ3n) is 10.6. The van der Waals surface area contributed by atoms with Crippen LogP contribution in [0.1, 0.15) is 22.3 Å². The SMILES string of the molecule is COc1ccc(CN2C(=O)[C@@H](Cc3ccccc3)[C@@H]3[C@H](C#N)N4C(=O)N(Cc5ccc(OC)cc5)C(=O)[C@H](Cc5ccccc5)[C@H]4[C@@H](C#N)N3C2=O)cc1. The fraction of sp³-hybridized carbons (Fsp3) is 0.286. The Labute approximate surface area is 313 Å². The Morgan fingerprint density at radius 1 is 0.519 bits per heavy atom. The van der Waals surface area contributed by atoms with E-state index in [2.05, 4.69) is 12.1 Å². The predicted molar refractivity (Wildman–Crippen MR) is 195 cm³/mol. The molecular formula is C42H38N6O6. The van der Waals surface area contributed by atoms with E-state index < -0.39 is 59.9 Å². The molecule has 6 atom stereocenters. The van der Waals surface area contributed by atoms with Crippen LogP contribution in [0.25, 0.3) is 0 Å². The summed E-state index contributed by atoms with van der Waals surface area (Å²) in [5.74, 6) is -1.84. The average molecular weight is 723 g/mol. The van der Waals surface area contributed by atoms with Crippen molar-refractivity contribution in [3.05, 3.63) is 131 Å². The van der Waals surface area contributed by atoms with Crippen molar-refractivity contribution in [3.8, 4) is 23.6 Å². The lowest BCUT2D eigenvalue weighted by Gasteiger charge is -2.59. The smallest absolute Gasteiger partial charge is 0.328 e. The molecular weight excluding hydrogens is 684 g/mol. The van der Waals surface area contributed by atoms with Crippen LogP contribution in [0.5, 0.6) is 11.5 Å². The number of hydrogen-bond acceptors (Lipinski definition) is 8. The summed E-state index contributed by atoms with van der Waals surface area (Å²) in [6, 6.07) is 30.3. The van der Waals surface area contributed by atoms with Crippen LogP contribution in [0.4, 0.5) is 9.59 Å². The van der Waals surface area contributed by atoms with Crippen molar-refractivity contribution in [2.24, 2.45) is 11.8 Å². The molecule has 12 nitrogen and oxygen atoms in total. The first-order valence-corrected chi connectivity index (χ1v) is 17.7. The molecule has 0 spiro atoms. The summed E-state index contributed by atoms with van der Waals surface area (Å²) in [5.41, 5.74) is 2.87. The van der Waals surface area contributed by atoms with E-state index in [4.69, 9.17) is 9.47 Å². The summed E-state index contributed by atoms with van der Waals surface area (Å²) in [4.78, 5) is 63.5. The Morgan fingerprint density at radius 3 is 1.19 bits per heavy atom. The van der Waals surface area contributed by atoms with E-state index >= 15 is 0 Å². The van der Waals surface area contributed by atoms with Gasteiger partial charge in [-0.25, -0.2) is 9.59 Å². The minimum absolute atomic E-state index is 0.0964. The molecule has 0 saturated carbocycles. The van der Waals surface area contributed by atoms with Crippen molar-refractivity contribution in [1.29, 1.82) is 10.5 Å². The number of benzene rings is 4. The van der Waals surface area contributed by atoms with Crippen LogP contribution in [0.2, 0.25) is 0 Å². The standard InChI is InChI=1S/C42H38N6O6/c1-53-31-17-13-29(14-18-31)25-45-39(49)33(21-27-9-5-3-6-10-27)37-36(24-44)48-38(35(23-43)47(37)41(45)51)34(22-28-11-7-4-8-12-28)40(50)46(42(48)52)26-30-15-19-32(54-2)20-16-30/h3-20,33-38H,21-22,25-26H2,1-2H3/t33-,34+,35+,36-,37+,38-. The maximum atomic E-state index is 14.7. The summed E-state index contributed by atoms with van der Waals surface area (Å²) in [5, 5.41) is 22.0. The normalized spacial score (nSPS) is 23.6. The topological polar surface area (TPSA) is 147 Å². The third kappa shape index (κ3) is 6.47. The van der Waals surface area contributed by atoms with E-state index in [0.29, 0.717) is 22.6 Å². The molecule has 6 amide bonds. The lowest BCUT2D eigenvalue weighted by Crippen LogP contribution is -2.81. The molecule has 3 heterocycles. The van der Waals surface area contributed by atoms with Gasteiger partial charge in [0.2, 0.25) is 11.8 Å². The van der Waals surface area contributed by atoms with Gasteiger partial charge in [0.15, 0.2) is 0 Å². The number of carbonyl (C=O) groups is 4. The second-order valence-electron chi connectivity index (χ2n) is 13.6. The van der Waals surface area contributed by atoms with Crippen molar-refractivity contribution in [2.75, 3.05) is 14.2 Å². The number of hydrogen-bond donors (Lipinski definition) is 0. The number of amides is 6. The maximum absolute atomic E-state index is 14.7. The van der Waals surface area contributed by atoms with Gasteiger partial charge in [0, 0.05) is 0 Å². The molecule has 0 aliphatic carbocycles. The first kappa shape index (κ1) is 35.7. The van der Waals surface area contributed by atoms with Crippen LogP contribution in [-0.2, 0) is 35.5 Å². The minimum atomic E-state index is -1.36. The van der Waals surface area contributed by atoms with Gasteiger partial charge in [-0.3, -0.25) is 29.2 Å². The number of carbonyl (C=O) groups excluding carboxylic acids is 4. The van der Waals surface area contributed by atoms with Gasteiger partial charge >= 0.3 is 12.1 Å². The highest BCUT2D eigenvalue weighted by Gasteiger charge is 2.64. The molecule has 7 rings (SSSR count). The Hall–Kier alpha value is -6.66. The van der Waals surface area contributed by atoms with Crippen molar-refractivity contribution in [3.63, 3.8) is 0 Å². The Morgan fingerprint density at radius 2 is 0.870 bits per heavy atom. The number of fused-ring (bicyclic) bond motifs is 2. The van der Waals surface area contributed by atoms with E-state index in [9.17, 15) is 29.7 Å². The van der Waals surface area contributed by atoms with E-state index in [1.807, 2.05) is 60.7 Å².